The molecule has 0 radical (unpaired) electrons. The predicted octanol–water partition coefficient (Wildman–Crippen LogP) is 4.61. The molecule has 0 saturated heterocycles. The van der Waals surface area contributed by atoms with Crippen LogP contribution in [0, 0.1) is 6.92 Å². The Balaban J connectivity index is 2.22. The molecule has 0 aliphatic rings. The Bertz CT molecular complexity index is 1100. The molecule has 0 aliphatic heterocycles. The van der Waals surface area contributed by atoms with E-state index in [2.05, 4.69) is 11.6 Å². The largest absolute Gasteiger partial charge is 0.493 e. The molecule has 0 spiro atoms. The Kier molecular flexibility index (Phi) is 5.68. The summed E-state index contributed by atoms with van der Waals surface area (Å²) in [4.78, 5) is 17.8. The lowest BCUT2D eigenvalue weighted by atomic mass is 10.2. The monoisotopic (exact) mass is 402 g/mol. The normalized spacial score (nSPS) is 11.6. The van der Waals surface area contributed by atoms with Gasteiger partial charge in [-0.1, -0.05) is 35.1 Å². The fourth-order valence-electron chi connectivity index (χ4n) is 2.96. The lowest BCUT2D eigenvalue weighted by Crippen LogP contribution is -2.17. The molecule has 0 saturated carbocycles. The van der Waals surface area contributed by atoms with Crippen molar-refractivity contribution in [2.24, 2.45) is 4.99 Å². The molecular weight excluding hydrogens is 384 g/mol. The van der Waals surface area contributed by atoms with Gasteiger partial charge in [-0.15, -0.1) is 6.58 Å². The van der Waals surface area contributed by atoms with Crippen molar-refractivity contribution in [3.63, 3.8) is 0 Å². The smallest absolute Gasteiger partial charge is 0.283 e. The molecule has 0 N–H and O–H groups in total. The molecule has 3 rings (SSSR count). The van der Waals surface area contributed by atoms with E-state index in [0.717, 1.165) is 15.8 Å². The number of nitrogens with zero attached hydrogens (tertiary/aromatic N) is 2. The Labute approximate surface area is 166 Å². The van der Waals surface area contributed by atoms with Crippen LogP contribution >= 0.6 is 22.9 Å². The van der Waals surface area contributed by atoms with Gasteiger partial charge in [0.25, 0.3) is 5.91 Å². The number of ether oxygens (including phenoxy) is 2. The molecule has 0 fully saturated rings. The molecule has 1 amide bonds. The molecule has 1 heterocycles. The van der Waals surface area contributed by atoms with Gasteiger partial charge >= 0.3 is 0 Å². The number of hydrogen-bond donors (Lipinski definition) is 0. The summed E-state index contributed by atoms with van der Waals surface area (Å²) in [5, 5.41) is 0.652. The molecule has 140 valence electrons. The number of thiazole rings is 1. The first kappa shape index (κ1) is 19.2. The van der Waals surface area contributed by atoms with Crippen molar-refractivity contribution >= 4 is 39.1 Å². The van der Waals surface area contributed by atoms with Crippen LogP contribution in [0.15, 0.2) is 48.0 Å². The van der Waals surface area contributed by atoms with Gasteiger partial charge in [-0.05, 0) is 36.8 Å². The average molecular weight is 403 g/mol. The topological polar surface area (TPSA) is 52.8 Å². The minimum absolute atomic E-state index is 0.342. The molecule has 0 unspecified atom stereocenters. The van der Waals surface area contributed by atoms with Crippen LogP contribution in [0.25, 0.3) is 10.2 Å². The predicted molar refractivity (Wildman–Crippen MR) is 109 cm³/mol. The zero-order valence-electron chi connectivity index (χ0n) is 15.3. The lowest BCUT2D eigenvalue weighted by molar-refractivity contribution is 0.0994. The van der Waals surface area contributed by atoms with Crippen molar-refractivity contribution in [3.05, 3.63) is 63.9 Å². The number of hydrogen-bond acceptors (Lipinski definition) is 4. The third-order valence-electron chi connectivity index (χ3n) is 4.07. The van der Waals surface area contributed by atoms with E-state index in [-0.39, 0.29) is 0 Å². The Morgan fingerprint density at radius 1 is 1.33 bits per heavy atom. The minimum Gasteiger partial charge on any atom is -0.493 e. The molecule has 0 atom stereocenters. The fourth-order valence-corrected chi connectivity index (χ4v) is 4.45. The summed E-state index contributed by atoms with van der Waals surface area (Å²) < 4.78 is 13.5. The first-order chi connectivity index (χ1) is 13.0. The Morgan fingerprint density at radius 2 is 2.11 bits per heavy atom. The average Bonchev–Trinajstić information content (AvgIpc) is 2.98. The van der Waals surface area contributed by atoms with Crippen LogP contribution in [0.5, 0.6) is 11.5 Å². The van der Waals surface area contributed by atoms with Gasteiger partial charge in [0.1, 0.15) is 0 Å². The van der Waals surface area contributed by atoms with E-state index in [1.54, 1.807) is 24.3 Å². The van der Waals surface area contributed by atoms with Gasteiger partial charge in [-0.3, -0.25) is 4.79 Å². The molecular formula is C20H19ClN2O3S. The number of amides is 1. The van der Waals surface area contributed by atoms with Crippen molar-refractivity contribution in [2.75, 3.05) is 14.2 Å². The zero-order chi connectivity index (χ0) is 19.6. The lowest BCUT2D eigenvalue weighted by Gasteiger charge is -2.10. The van der Waals surface area contributed by atoms with Gasteiger partial charge in [0.05, 0.1) is 30.0 Å². The highest BCUT2D eigenvalue weighted by molar-refractivity contribution is 7.16. The SMILES string of the molecule is C=CCn1c(=NC(=O)c2cccc(OC)c2OC)sc2cc(Cl)cc(C)c21. The van der Waals surface area contributed by atoms with E-state index in [1.807, 2.05) is 23.6 Å². The van der Waals surface area contributed by atoms with E-state index in [0.29, 0.717) is 33.4 Å². The number of aromatic nitrogens is 1. The van der Waals surface area contributed by atoms with Crippen molar-refractivity contribution in [1.29, 1.82) is 0 Å². The van der Waals surface area contributed by atoms with Crippen molar-refractivity contribution in [1.82, 2.24) is 4.57 Å². The van der Waals surface area contributed by atoms with Gasteiger partial charge in [0.2, 0.25) is 0 Å². The number of rotatable bonds is 5. The molecule has 27 heavy (non-hydrogen) atoms. The van der Waals surface area contributed by atoms with Gasteiger partial charge in [-0.25, -0.2) is 0 Å². The Hall–Kier alpha value is -2.57. The number of fused-ring (bicyclic) bond motifs is 1. The summed E-state index contributed by atoms with van der Waals surface area (Å²) in [6, 6.07) is 8.91. The summed E-state index contributed by atoms with van der Waals surface area (Å²) in [5.74, 6) is 0.444. The summed E-state index contributed by atoms with van der Waals surface area (Å²) in [6.07, 6.45) is 1.77. The van der Waals surface area contributed by atoms with Crippen LogP contribution in [-0.4, -0.2) is 24.7 Å². The second kappa shape index (κ2) is 7.98. The number of allylic oxidation sites excluding steroid dienone is 1. The van der Waals surface area contributed by atoms with Crippen LogP contribution in [-0.2, 0) is 6.54 Å². The summed E-state index contributed by atoms with van der Waals surface area (Å²) in [6.45, 7) is 6.33. The second-order valence-electron chi connectivity index (χ2n) is 5.81. The number of aryl methyl sites for hydroxylation is 1. The number of carbonyl (C=O) groups is 1. The van der Waals surface area contributed by atoms with Crippen LogP contribution < -0.4 is 14.3 Å². The molecule has 1 aromatic heterocycles. The highest BCUT2D eigenvalue weighted by Gasteiger charge is 2.17. The highest BCUT2D eigenvalue weighted by Crippen LogP contribution is 2.31. The van der Waals surface area contributed by atoms with Gasteiger partial charge in [0.15, 0.2) is 16.3 Å². The fraction of sp³-hybridized carbons (Fsp3) is 0.200. The third kappa shape index (κ3) is 3.63. The van der Waals surface area contributed by atoms with E-state index < -0.39 is 5.91 Å². The Morgan fingerprint density at radius 3 is 2.78 bits per heavy atom. The zero-order valence-corrected chi connectivity index (χ0v) is 16.9. The van der Waals surface area contributed by atoms with Crippen molar-refractivity contribution < 1.29 is 14.3 Å². The molecule has 0 aliphatic carbocycles. The minimum atomic E-state index is -0.404. The quantitative estimate of drug-likeness (QED) is 0.585. The summed E-state index contributed by atoms with van der Waals surface area (Å²) in [7, 11) is 3.02. The van der Waals surface area contributed by atoms with Gasteiger partial charge in [-0.2, -0.15) is 4.99 Å². The number of para-hydroxylation sites is 1. The molecule has 5 nitrogen and oxygen atoms in total. The molecule has 7 heteroatoms. The number of benzene rings is 2. The highest BCUT2D eigenvalue weighted by atomic mass is 35.5. The van der Waals surface area contributed by atoms with Crippen LogP contribution in [0.3, 0.4) is 0 Å². The van der Waals surface area contributed by atoms with Gasteiger partial charge < -0.3 is 14.0 Å². The van der Waals surface area contributed by atoms with E-state index in [1.165, 1.54) is 25.6 Å². The van der Waals surface area contributed by atoms with Gasteiger partial charge in [0, 0.05) is 11.6 Å². The van der Waals surface area contributed by atoms with Crippen molar-refractivity contribution in [3.8, 4) is 11.5 Å². The summed E-state index contributed by atoms with van der Waals surface area (Å²) >= 11 is 7.60. The molecule has 0 bridgehead atoms. The maximum Gasteiger partial charge on any atom is 0.283 e. The third-order valence-corrected chi connectivity index (χ3v) is 5.32. The van der Waals surface area contributed by atoms with E-state index in [9.17, 15) is 4.79 Å². The van der Waals surface area contributed by atoms with Crippen LogP contribution in [0.2, 0.25) is 5.02 Å². The van der Waals surface area contributed by atoms with E-state index >= 15 is 0 Å². The maximum absolute atomic E-state index is 12.9. The standard InChI is InChI=1S/C20H19ClN2O3S/c1-5-9-23-17-12(2)10-13(21)11-16(17)27-20(23)22-19(24)14-7-6-8-15(25-3)18(14)26-4/h5-8,10-11H,1,9H2,2-4H3. The van der Waals surface area contributed by atoms with E-state index in [4.69, 9.17) is 21.1 Å². The second-order valence-corrected chi connectivity index (χ2v) is 7.26. The maximum atomic E-state index is 12.9. The van der Waals surface area contributed by atoms with Crippen LogP contribution in [0.1, 0.15) is 15.9 Å². The number of methoxy groups -OCH3 is 2. The number of carbonyl (C=O) groups excluding carboxylic acids is 1. The summed E-state index contributed by atoms with van der Waals surface area (Å²) in [5.41, 5.74) is 2.35. The van der Waals surface area contributed by atoms with Crippen LogP contribution in [0.4, 0.5) is 0 Å². The molecule has 3 aromatic rings. The first-order valence-electron chi connectivity index (χ1n) is 8.20. The number of halogens is 1. The van der Waals surface area contributed by atoms with Crippen molar-refractivity contribution in [2.45, 2.75) is 13.5 Å². The molecule has 2 aromatic carbocycles. The first-order valence-corrected chi connectivity index (χ1v) is 9.40.